The van der Waals surface area contributed by atoms with E-state index in [1.165, 1.54) is 22.7 Å². The largest absolute Gasteiger partial charge is 0.340 e. The first kappa shape index (κ1) is 11.2. The van der Waals surface area contributed by atoms with Crippen LogP contribution in [0.1, 0.15) is 13.8 Å². The SMILES string of the molecule is CC(C)C(Nc1nncs1)Nc1nncs1. The zero-order chi connectivity index (χ0) is 11.4. The van der Waals surface area contributed by atoms with Crippen molar-refractivity contribution in [3.8, 4) is 0 Å². The topological polar surface area (TPSA) is 75.6 Å². The standard InChI is InChI=1S/C8H12N6S2/c1-5(2)6(11-7-13-9-3-15-7)12-8-14-10-4-16-8/h3-6H,1-2H3,(H,11,13)(H,12,14). The summed E-state index contributed by atoms with van der Waals surface area (Å²) in [5, 5.41) is 23.6. The van der Waals surface area contributed by atoms with E-state index in [-0.39, 0.29) is 6.17 Å². The van der Waals surface area contributed by atoms with Crippen molar-refractivity contribution < 1.29 is 0 Å². The molecule has 16 heavy (non-hydrogen) atoms. The zero-order valence-corrected chi connectivity index (χ0v) is 10.5. The summed E-state index contributed by atoms with van der Waals surface area (Å²) in [6.07, 6.45) is 0.0703. The third-order valence-corrected chi connectivity index (χ3v) is 3.19. The van der Waals surface area contributed by atoms with Crippen LogP contribution in [0, 0.1) is 5.92 Å². The van der Waals surface area contributed by atoms with Crippen molar-refractivity contribution >= 4 is 32.9 Å². The number of nitrogens with zero attached hydrogens (tertiary/aromatic N) is 4. The Morgan fingerprint density at radius 2 is 1.50 bits per heavy atom. The van der Waals surface area contributed by atoms with Crippen LogP contribution in [-0.4, -0.2) is 26.6 Å². The molecule has 0 aliphatic heterocycles. The normalized spacial score (nSPS) is 11.0. The summed E-state index contributed by atoms with van der Waals surface area (Å²) in [5.74, 6) is 0.396. The lowest BCUT2D eigenvalue weighted by Gasteiger charge is -2.22. The lowest BCUT2D eigenvalue weighted by Crippen LogP contribution is -2.33. The number of nitrogens with one attached hydrogen (secondary N) is 2. The van der Waals surface area contributed by atoms with Crippen LogP contribution in [-0.2, 0) is 0 Å². The van der Waals surface area contributed by atoms with Crippen molar-refractivity contribution in [3.63, 3.8) is 0 Å². The minimum Gasteiger partial charge on any atom is -0.340 e. The van der Waals surface area contributed by atoms with Crippen LogP contribution in [0.5, 0.6) is 0 Å². The average molecular weight is 256 g/mol. The Labute approximate surface area is 101 Å². The molecule has 0 aliphatic rings. The lowest BCUT2D eigenvalue weighted by atomic mass is 10.1. The van der Waals surface area contributed by atoms with E-state index in [0.717, 1.165) is 10.3 Å². The third-order valence-electron chi connectivity index (χ3n) is 1.94. The molecule has 0 amide bonds. The van der Waals surface area contributed by atoms with E-state index in [2.05, 4.69) is 44.9 Å². The predicted octanol–water partition coefficient (Wildman–Crippen LogP) is 1.90. The molecule has 2 aromatic heterocycles. The first-order valence-corrected chi connectivity index (χ1v) is 6.57. The van der Waals surface area contributed by atoms with Gasteiger partial charge in [0.1, 0.15) is 17.2 Å². The highest BCUT2D eigenvalue weighted by Crippen LogP contribution is 2.17. The van der Waals surface area contributed by atoms with Gasteiger partial charge in [0.15, 0.2) is 0 Å². The predicted molar refractivity (Wildman–Crippen MR) is 65.7 cm³/mol. The second-order valence-corrected chi connectivity index (χ2v) is 5.16. The minimum absolute atomic E-state index is 0.0703. The Morgan fingerprint density at radius 3 is 1.81 bits per heavy atom. The number of hydrogen-bond acceptors (Lipinski definition) is 8. The first-order valence-electron chi connectivity index (χ1n) is 4.81. The van der Waals surface area contributed by atoms with E-state index in [1.54, 1.807) is 11.0 Å². The summed E-state index contributed by atoms with van der Waals surface area (Å²) < 4.78 is 0. The fourth-order valence-electron chi connectivity index (χ4n) is 1.11. The second kappa shape index (κ2) is 5.17. The molecule has 0 atom stereocenters. The van der Waals surface area contributed by atoms with Crippen LogP contribution in [0.25, 0.3) is 0 Å². The Bertz CT molecular complexity index is 362. The van der Waals surface area contributed by atoms with Crippen LogP contribution in [0.2, 0.25) is 0 Å². The van der Waals surface area contributed by atoms with Gasteiger partial charge < -0.3 is 10.6 Å². The molecule has 2 N–H and O–H groups in total. The van der Waals surface area contributed by atoms with Crippen LogP contribution in [0.4, 0.5) is 10.3 Å². The lowest BCUT2D eigenvalue weighted by molar-refractivity contribution is 0.569. The summed E-state index contributed by atoms with van der Waals surface area (Å²) in [4.78, 5) is 0. The van der Waals surface area contributed by atoms with Crippen molar-refractivity contribution in [3.05, 3.63) is 11.0 Å². The van der Waals surface area contributed by atoms with Gasteiger partial charge in [-0.1, -0.05) is 36.5 Å². The fraction of sp³-hybridized carbons (Fsp3) is 0.500. The van der Waals surface area contributed by atoms with Crippen molar-refractivity contribution in [2.45, 2.75) is 20.0 Å². The molecule has 0 aliphatic carbocycles. The van der Waals surface area contributed by atoms with Crippen LogP contribution in [0.15, 0.2) is 11.0 Å². The number of rotatable bonds is 5. The van der Waals surface area contributed by atoms with Gasteiger partial charge in [0.2, 0.25) is 10.3 Å². The molecule has 0 aromatic carbocycles. The maximum Gasteiger partial charge on any atom is 0.207 e. The summed E-state index contributed by atoms with van der Waals surface area (Å²) in [5.41, 5.74) is 3.40. The molecule has 2 heterocycles. The van der Waals surface area contributed by atoms with Gasteiger partial charge in [-0.05, 0) is 5.92 Å². The summed E-state index contributed by atoms with van der Waals surface area (Å²) in [6.45, 7) is 4.24. The molecule has 2 aromatic rings. The maximum atomic E-state index is 3.95. The molecule has 2 rings (SSSR count). The molecule has 0 fully saturated rings. The highest BCUT2D eigenvalue weighted by molar-refractivity contribution is 7.13. The van der Waals surface area contributed by atoms with Gasteiger partial charge in [-0.15, -0.1) is 20.4 Å². The van der Waals surface area contributed by atoms with Crippen molar-refractivity contribution in [1.82, 2.24) is 20.4 Å². The molecular formula is C8H12N6S2. The van der Waals surface area contributed by atoms with E-state index in [9.17, 15) is 0 Å². The minimum atomic E-state index is 0.0703. The Kier molecular flexibility index (Phi) is 3.62. The maximum absolute atomic E-state index is 3.95. The van der Waals surface area contributed by atoms with Gasteiger partial charge in [-0.25, -0.2) is 0 Å². The van der Waals surface area contributed by atoms with Crippen LogP contribution >= 0.6 is 22.7 Å². The molecule has 0 unspecified atom stereocenters. The first-order chi connectivity index (χ1) is 7.75. The van der Waals surface area contributed by atoms with Gasteiger partial charge >= 0.3 is 0 Å². The highest BCUT2D eigenvalue weighted by atomic mass is 32.1. The monoisotopic (exact) mass is 256 g/mol. The second-order valence-electron chi connectivity index (χ2n) is 3.50. The molecule has 0 radical (unpaired) electrons. The number of hydrogen-bond donors (Lipinski definition) is 2. The molecule has 0 spiro atoms. The smallest absolute Gasteiger partial charge is 0.207 e. The Hall–Kier alpha value is -1.28. The molecule has 6 nitrogen and oxygen atoms in total. The van der Waals surface area contributed by atoms with Gasteiger partial charge in [0, 0.05) is 0 Å². The van der Waals surface area contributed by atoms with Gasteiger partial charge in [-0.3, -0.25) is 0 Å². The summed E-state index contributed by atoms with van der Waals surface area (Å²) >= 11 is 2.95. The quantitative estimate of drug-likeness (QED) is 0.796. The van der Waals surface area contributed by atoms with E-state index >= 15 is 0 Å². The number of aromatic nitrogens is 4. The van der Waals surface area contributed by atoms with Crippen LogP contribution < -0.4 is 10.6 Å². The fourth-order valence-corrected chi connectivity index (χ4v) is 2.07. The average Bonchev–Trinajstić information content (AvgIpc) is 2.88. The van der Waals surface area contributed by atoms with Crippen molar-refractivity contribution in [1.29, 1.82) is 0 Å². The van der Waals surface area contributed by atoms with E-state index in [0.29, 0.717) is 5.92 Å². The highest BCUT2D eigenvalue weighted by Gasteiger charge is 2.15. The number of anilines is 2. The molecule has 0 saturated heterocycles. The van der Waals surface area contributed by atoms with Crippen molar-refractivity contribution in [2.75, 3.05) is 10.6 Å². The third kappa shape index (κ3) is 2.86. The van der Waals surface area contributed by atoms with Gasteiger partial charge in [0.25, 0.3) is 0 Å². The molecule has 8 heteroatoms. The molecule has 0 bridgehead atoms. The van der Waals surface area contributed by atoms with Crippen molar-refractivity contribution in [2.24, 2.45) is 5.92 Å². The summed E-state index contributed by atoms with van der Waals surface area (Å²) in [7, 11) is 0. The van der Waals surface area contributed by atoms with Gasteiger partial charge in [-0.2, -0.15) is 0 Å². The van der Waals surface area contributed by atoms with Gasteiger partial charge in [0.05, 0.1) is 0 Å². The molecule has 86 valence electrons. The Morgan fingerprint density at radius 1 is 1.00 bits per heavy atom. The van der Waals surface area contributed by atoms with E-state index in [4.69, 9.17) is 0 Å². The molecular weight excluding hydrogens is 244 g/mol. The Balaban J connectivity index is 2.00. The van der Waals surface area contributed by atoms with E-state index in [1.807, 2.05) is 0 Å². The van der Waals surface area contributed by atoms with Crippen LogP contribution in [0.3, 0.4) is 0 Å². The summed E-state index contributed by atoms with van der Waals surface area (Å²) in [6, 6.07) is 0. The van der Waals surface area contributed by atoms with E-state index < -0.39 is 0 Å². The molecule has 0 saturated carbocycles. The zero-order valence-electron chi connectivity index (χ0n) is 8.91.